The Morgan fingerprint density at radius 1 is 0.900 bits per heavy atom. The molecule has 2 saturated heterocycles. The zero-order chi connectivity index (χ0) is 39.2. The molecule has 8 atom stereocenters. The second kappa shape index (κ2) is 21.5. The van der Waals surface area contributed by atoms with Crippen molar-refractivity contribution in [2.75, 3.05) is 6.61 Å². The predicted octanol–water partition coefficient (Wildman–Crippen LogP) is 8.74. The van der Waals surface area contributed by atoms with Crippen LogP contribution in [0.25, 0.3) is 0 Å². The number of amides is 1. The van der Waals surface area contributed by atoms with Gasteiger partial charge in [-0.25, -0.2) is 9.59 Å². The zero-order valence-corrected chi connectivity index (χ0v) is 35.1. The van der Waals surface area contributed by atoms with Crippen LogP contribution in [-0.4, -0.2) is 70.7 Å². The van der Waals surface area contributed by atoms with Crippen LogP contribution in [0.4, 0.5) is 0 Å². The summed E-state index contributed by atoms with van der Waals surface area (Å²) in [6.45, 7) is 33.9. The average molecular weight is 712 g/mol. The first-order chi connectivity index (χ1) is 23.8. The maximum Gasteiger partial charge on any atom is 0.334 e. The van der Waals surface area contributed by atoms with Crippen molar-refractivity contribution >= 4 is 17.8 Å². The van der Waals surface area contributed by atoms with Crippen molar-refractivity contribution in [1.29, 1.82) is 0 Å². The number of aliphatic hydroxyl groups is 1. The molecule has 2 aliphatic carbocycles. The molecule has 2 spiro atoms. The Morgan fingerprint density at radius 2 is 1.48 bits per heavy atom. The monoisotopic (exact) mass is 712 g/mol. The van der Waals surface area contributed by atoms with Crippen LogP contribution < -0.4 is 5.32 Å². The van der Waals surface area contributed by atoms with E-state index in [-0.39, 0.29) is 47.8 Å². The van der Waals surface area contributed by atoms with Gasteiger partial charge in [-0.15, -0.1) is 0 Å². The number of rotatable bonds is 11. The van der Waals surface area contributed by atoms with E-state index in [9.17, 15) is 19.5 Å². The highest BCUT2D eigenvalue weighted by Gasteiger charge is 2.90. The highest BCUT2D eigenvalue weighted by Crippen LogP contribution is 2.73. The van der Waals surface area contributed by atoms with Crippen molar-refractivity contribution in [3.8, 4) is 0 Å². The van der Waals surface area contributed by atoms with Gasteiger partial charge in [-0.2, -0.15) is 0 Å². The molecular formula is C41H77NO8. The number of ether oxygens (including phenoxy) is 4. The number of nitrogens with one attached hydrogen (secondary N) is 1. The molecule has 0 aromatic carbocycles. The molecular weight excluding hydrogens is 634 g/mol. The molecule has 5 aliphatic rings. The van der Waals surface area contributed by atoms with E-state index in [4.69, 9.17) is 18.9 Å². The number of hydrogen-bond donors (Lipinski definition) is 2. The van der Waals surface area contributed by atoms with Crippen LogP contribution in [0.5, 0.6) is 0 Å². The van der Waals surface area contributed by atoms with Crippen molar-refractivity contribution in [2.24, 2.45) is 23.7 Å². The minimum absolute atomic E-state index is 0.0734. The van der Waals surface area contributed by atoms with Gasteiger partial charge in [-0.1, -0.05) is 124 Å². The maximum absolute atomic E-state index is 13.7. The third-order valence-corrected chi connectivity index (χ3v) is 9.97. The van der Waals surface area contributed by atoms with Crippen LogP contribution in [0.1, 0.15) is 163 Å². The van der Waals surface area contributed by atoms with Gasteiger partial charge < -0.3 is 29.4 Å². The fourth-order valence-electron chi connectivity index (χ4n) is 7.55. The summed E-state index contributed by atoms with van der Waals surface area (Å²) in [6, 6.07) is -0.839. The molecule has 1 amide bonds. The van der Waals surface area contributed by atoms with Gasteiger partial charge in [-0.05, 0) is 54.9 Å². The SMILES string of the molecule is CC.CC.CC.CC.CC.CCCCC1=C([C@@H]2CC3OC34C(OC(=O)C(NC(=O)CC(C)C)C(C)C)C(O)(C(C)C)CC3OC34C2)COC1=O. The topological polar surface area (TPSA) is 127 Å². The molecule has 5 rings (SSSR count). The van der Waals surface area contributed by atoms with E-state index in [0.717, 1.165) is 24.0 Å². The van der Waals surface area contributed by atoms with E-state index in [1.807, 2.05) is 111 Å². The van der Waals surface area contributed by atoms with Gasteiger partial charge in [0.15, 0.2) is 11.7 Å². The van der Waals surface area contributed by atoms with E-state index in [1.165, 1.54) is 0 Å². The Bertz CT molecular complexity index is 1090. The Kier molecular flexibility index (Phi) is 20.7. The lowest BCUT2D eigenvalue weighted by Crippen LogP contribution is -2.68. The first-order valence-corrected chi connectivity index (χ1v) is 20.3. The summed E-state index contributed by atoms with van der Waals surface area (Å²) in [4.78, 5) is 38.8. The summed E-state index contributed by atoms with van der Waals surface area (Å²) < 4.78 is 24.6. The van der Waals surface area contributed by atoms with E-state index in [0.29, 0.717) is 38.7 Å². The second-order valence-electron chi connectivity index (χ2n) is 13.8. The van der Waals surface area contributed by atoms with Crippen molar-refractivity contribution in [1.82, 2.24) is 5.32 Å². The Balaban J connectivity index is 0.00000221. The van der Waals surface area contributed by atoms with Crippen LogP contribution in [-0.2, 0) is 33.3 Å². The lowest BCUT2D eigenvalue weighted by Gasteiger charge is -2.48. The first-order valence-electron chi connectivity index (χ1n) is 20.3. The highest BCUT2D eigenvalue weighted by molar-refractivity contribution is 5.92. The van der Waals surface area contributed by atoms with E-state index < -0.39 is 34.9 Å². The number of carbonyl (C=O) groups excluding carboxylic acids is 3. The Hall–Kier alpha value is -1.97. The van der Waals surface area contributed by atoms with Crippen molar-refractivity contribution in [2.45, 2.75) is 204 Å². The largest absolute Gasteiger partial charge is 0.458 e. The molecule has 0 aromatic rings. The van der Waals surface area contributed by atoms with Crippen LogP contribution >= 0.6 is 0 Å². The highest BCUT2D eigenvalue weighted by atomic mass is 16.7. The lowest BCUT2D eigenvalue weighted by molar-refractivity contribution is -0.200. The van der Waals surface area contributed by atoms with Gasteiger partial charge in [0.05, 0.1) is 12.2 Å². The standard InChI is InChI=1S/C31H47NO8.5C2H6/c1-8-9-10-20-21(15-37-26(20)34)19-12-22-31(40-22)28(29(36,18(6)7)14-23-30(31,13-19)39-23)38-27(35)25(17(4)5)32-24(33)11-16(2)3;5*1-2/h16-19,22-23,25,28,36H,8-15H2,1-7H3,(H,32,33);5*1-2H3/t19-,22?,23?,25?,28?,29?,30?,31?;;;;;/m1...../s1. The minimum atomic E-state index is -1.34. The van der Waals surface area contributed by atoms with Gasteiger partial charge in [0, 0.05) is 18.4 Å². The summed E-state index contributed by atoms with van der Waals surface area (Å²) >= 11 is 0. The lowest BCUT2D eigenvalue weighted by atomic mass is 9.58. The number of cyclic esters (lactones) is 1. The number of esters is 2. The predicted molar refractivity (Wildman–Crippen MR) is 203 cm³/mol. The Morgan fingerprint density at radius 3 is 1.98 bits per heavy atom. The molecule has 3 heterocycles. The Labute approximate surface area is 306 Å². The molecule has 9 nitrogen and oxygen atoms in total. The van der Waals surface area contributed by atoms with Gasteiger partial charge in [-0.3, -0.25) is 4.79 Å². The summed E-state index contributed by atoms with van der Waals surface area (Å²) in [6.07, 6.45) is 3.14. The fraction of sp³-hybridized carbons (Fsp3) is 0.878. The number of unbranched alkanes of at least 4 members (excludes halogenated alkanes) is 1. The molecule has 2 N–H and O–H groups in total. The third kappa shape index (κ3) is 9.71. The van der Waals surface area contributed by atoms with Crippen molar-refractivity contribution < 1.29 is 38.4 Å². The van der Waals surface area contributed by atoms with Gasteiger partial charge in [0.1, 0.15) is 23.9 Å². The van der Waals surface area contributed by atoms with Crippen molar-refractivity contribution in [3.63, 3.8) is 0 Å². The molecule has 9 heteroatoms. The number of carbonyl (C=O) groups is 3. The van der Waals surface area contributed by atoms with Gasteiger partial charge in [0.25, 0.3) is 0 Å². The zero-order valence-electron chi connectivity index (χ0n) is 35.1. The molecule has 0 radical (unpaired) electrons. The normalized spacial score (nSPS) is 31.4. The first kappa shape index (κ1) is 48.0. The second-order valence-corrected chi connectivity index (χ2v) is 13.8. The van der Waals surface area contributed by atoms with E-state index in [2.05, 4.69) is 12.2 Å². The molecule has 2 saturated carbocycles. The molecule has 0 aromatic heterocycles. The molecule has 4 fully saturated rings. The van der Waals surface area contributed by atoms with Gasteiger partial charge >= 0.3 is 11.9 Å². The number of hydrogen-bond acceptors (Lipinski definition) is 8. The smallest absolute Gasteiger partial charge is 0.334 e. The minimum Gasteiger partial charge on any atom is -0.458 e. The molecule has 0 bridgehead atoms. The van der Waals surface area contributed by atoms with Crippen LogP contribution in [0.15, 0.2) is 11.1 Å². The fourth-order valence-corrected chi connectivity index (χ4v) is 7.55. The third-order valence-electron chi connectivity index (χ3n) is 9.97. The van der Waals surface area contributed by atoms with Crippen LogP contribution in [0.3, 0.4) is 0 Å². The van der Waals surface area contributed by atoms with E-state index >= 15 is 0 Å². The summed E-state index contributed by atoms with van der Waals surface area (Å²) in [7, 11) is 0. The quantitative estimate of drug-likeness (QED) is 0.161. The summed E-state index contributed by atoms with van der Waals surface area (Å²) in [5.41, 5.74) is -1.13. The molecule has 294 valence electrons. The van der Waals surface area contributed by atoms with Crippen LogP contribution in [0.2, 0.25) is 0 Å². The van der Waals surface area contributed by atoms with Crippen LogP contribution in [0, 0.1) is 23.7 Å². The molecule has 7 unspecified atom stereocenters. The molecule has 50 heavy (non-hydrogen) atoms. The summed E-state index contributed by atoms with van der Waals surface area (Å²) in [5.74, 6) is -1.16. The van der Waals surface area contributed by atoms with E-state index in [1.54, 1.807) is 0 Å². The van der Waals surface area contributed by atoms with Crippen molar-refractivity contribution in [3.05, 3.63) is 11.1 Å². The molecule has 3 aliphatic heterocycles. The number of epoxide rings is 2. The summed E-state index contributed by atoms with van der Waals surface area (Å²) in [5, 5.41) is 14.9. The average Bonchev–Trinajstić information content (AvgIpc) is 3.99. The van der Waals surface area contributed by atoms with Gasteiger partial charge in [0.2, 0.25) is 5.91 Å². The maximum atomic E-state index is 13.7.